The van der Waals surface area contributed by atoms with Crippen molar-refractivity contribution >= 4 is 5.91 Å². The van der Waals surface area contributed by atoms with Gasteiger partial charge in [-0.1, -0.05) is 37.1 Å². The van der Waals surface area contributed by atoms with Crippen LogP contribution in [0.1, 0.15) is 49.3 Å². The van der Waals surface area contributed by atoms with E-state index in [0.717, 1.165) is 38.5 Å². The number of carbonyl (C=O) groups is 1. The summed E-state index contributed by atoms with van der Waals surface area (Å²) < 4.78 is 0. The van der Waals surface area contributed by atoms with Crippen LogP contribution in [-0.2, 0) is 11.2 Å². The van der Waals surface area contributed by atoms with E-state index in [1.54, 1.807) is 0 Å². The molecule has 0 spiro atoms. The van der Waals surface area contributed by atoms with Gasteiger partial charge in [-0.2, -0.15) is 0 Å². The van der Waals surface area contributed by atoms with Crippen molar-refractivity contribution in [1.82, 2.24) is 4.90 Å². The molecule has 0 aliphatic heterocycles. The van der Waals surface area contributed by atoms with Crippen LogP contribution in [0.15, 0.2) is 24.3 Å². The molecule has 3 heteroatoms. The molecule has 1 saturated carbocycles. The fourth-order valence-electron chi connectivity index (χ4n) is 4.01. The van der Waals surface area contributed by atoms with E-state index in [-0.39, 0.29) is 17.4 Å². The molecule has 3 nitrogen and oxygen atoms in total. The SMILES string of the molecule is CN(C(=O)C1(CN)CCCC1)C1CCc2ccccc21. The quantitative estimate of drug-likeness (QED) is 0.919. The van der Waals surface area contributed by atoms with Crippen molar-refractivity contribution in [2.75, 3.05) is 13.6 Å². The average molecular weight is 272 g/mol. The summed E-state index contributed by atoms with van der Waals surface area (Å²) in [5.41, 5.74) is 8.39. The monoisotopic (exact) mass is 272 g/mol. The Morgan fingerprint density at radius 1 is 1.35 bits per heavy atom. The molecule has 0 heterocycles. The molecule has 0 aromatic heterocycles. The van der Waals surface area contributed by atoms with Gasteiger partial charge in [0.25, 0.3) is 0 Å². The molecule has 0 bridgehead atoms. The smallest absolute Gasteiger partial charge is 0.230 e. The maximum Gasteiger partial charge on any atom is 0.230 e. The van der Waals surface area contributed by atoms with Gasteiger partial charge < -0.3 is 10.6 Å². The van der Waals surface area contributed by atoms with Gasteiger partial charge in [0.1, 0.15) is 0 Å². The predicted molar refractivity (Wildman–Crippen MR) is 80.2 cm³/mol. The van der Waals surface area contributed by atoms with Crippen molar-refractivity contribution in [3.8, 4) is 0 Å². The maximum atomic E-state index is 12.9. The van der Waals surface area contributed by atoms with Crippen LogP contribution in [0.4, 0.5) is 0 Å². The average Bonchev–Trinajstić information content (AvgIpc) is 3.13. The van der Waals surface area contributed by atoms with E-state index < -0.39 is 0 Å². The third-order valence-corrected chi connectivity index (χ3v) is 5.29. The molecular weight excluding hydrogens is 248 g/mol. The molecular formula is C17H24N2O. The lowest BCUT2D eigenvalue weighted by molar-refractivity contribution is -0.142. The van der Waals surface area contributed by atoms with Gasteiger partial charge in [0, 0.05) is 13.6 Å². The maximum absolute atomic E-state index is 12.9. The number of hydrogen-bond donors (Lipinski definition) is 1. The molecule has 1 atom stereocenters. The van der Waals surface area contributed by atoms with E-state index in [2.05, 4.69) is 24.3 Å². The zero-order valence-electron chi connectivity index (χ0n) is 12.3. The third-order valence-electron chi connectivity index (χ3n) is 5.29. The van der Waals surface area contributed by atoms with Crippen molar-refractivity contribution in [2.24, 2.45) is 11.1 Å². The first kappa shape index (κ1) is 13.6. The molecule has 0 saturated heterocycles. The molecule has 2 N–H and O–H groups in total. The number of fused-ring (bicyclic) bond motifs is 1. The van der Waals surface area contributed by atoms with Gasteiger partial charge in [-0.3, -0.25) is 4.79 Å². The zero-order chi connectivity index (χ0) is 14.2. The van der Waals surface area contributed by atoms with Crippen LogP contribution >= 0.6 is 0 Å². The highest BCUT2D eigenvalue weighted by molar-refractivity contribution is 5.83. The van der Waals surface area contributed by atoms with E-state index >= 15 is 0 Å². The van der Waals surface area contributed by atoms with Gasteiger partial charge in [-0.25, -0.2) is 0 Å². The van der Waals surface area contributed by atoms with Crippen LogP contribution in [0.3, 0.4) is 0 Å². The van der Waals surface area contributed by atoms with Gasteiger partial charge in [0.05, 0.1) is 11.5 Å². The van der Waals surface area contributed by atoms with Crippen LogP contribution in [0.5, 0.6) is 0 Å². The summed E-state index contributed by atoms with van der Waals surface area (Å²) >= 11 is 0. The molecule has 108 valence electrons. The van der Waals surface area contributed by atoms with E-state index in [1.807, 2.05) is 11.9 Å². The molecule has 3 rings (SSSR count). The first-order valence-electron chi connectivity index (χ1n) is 7.73. The Balaban J connectivity index is 1.83. The van der Waals surface area contributed by atoms with Crippen molar-refractivity contribution in [1.29, 1.82) is 0 Å². The number of nitrogens with two attached hydrogens (primary N) is 1. The van der Waals surface area contributed by atoms with Crippen molar-refractivity contribution in [3.63, 3.8) is 0 Å². The molecule has 2 aliphatic carbocycles. The molecule has 1 amide bonds. The Kier molecular flexibility index (Phi) is 3.55. The third kappa shape index (κ3) is 2.05. The standard InChI is InChI=1S/C17H24N2O/c1-19(16(20)17(12-18)10-4-5-11-17)15-9-8-13-6-2-3-7-14(13)15/h2-3,6-7,15H,4-5,8-12,18H2,1H3. The predicted octanol–water partition coefficient (Wildman–Crippen LogP) is 2.65. The second-order valence-electron chi connectivity index (χ2n) is 6.36. The first-order chi connectivity index (χ1) is 9.68. The van der Waals surface area contributed by atoms with E-state index in [4.69, 9.17) is 5.73 Å². The Labute approximate surface area is 121 Å². The number of benzene rings is 1. The van der Waals surface area contributed by atoms with Crippen molar-refractivity contribution in [2.45, 2.75) is 44.6 Å². The minimum atomic E-state index is -0.285. The lowest BCUT2D eigenvalue weighted by atomic mass is 9.84. The summed E-state index contributed by atoms with van der Waals surface area (Å²) in [6, 6.07) is 8.75. The van der Waals surface area contributed by atoms with Gasteiger partial charge in [0.15, 0.2) is 0 Å². The number of nitrogens with zero attached hydrogens (tertiary/aromatic N) is 1. The molecule has 1 fully saturated rings. The highest BCUT2D eigenvalue weighted by atomic mass is 16.2. The second kappa shape index (κ2) is 5.21. The second-order valence-corrected chi connectivity index (χ2v) is 6.36. The summed E-state index contributed by atoms with van der Waals surface area (Å²) in [7, 11) is 1.96. The normalized spacial score (nSPS) is 23.6. The number of rotatable bonds is 3. The van der Waals surface area contributed by atoms with E-state index in [0.29, 0.717) is 6.54 Å². The summed E-state index contributed by atoms with van der Waals surface area (Å²) in [5, 5.41) is 0. The van der Waals surface area contributed by atoms with Crippen LogP contribution < -0.4 is 5.73 Å². The summed E-state index contributed by atoms with van der Waals surface area (Å²) in [6.45, 7) is 0.491. The lowest BCUT2D eigenvalue weighted by Gasteiger charge is -2.35. The number of amides is 1. The Hall–Kier alpha value is -1.35. The minimum Gasteiger partial charge on any atom is -0.338 e. The number of carbonyl (C=O) groups excluding carboxylic acids is 1. The fraction of sp³-hybridized carbons (Fsp3) is 0.588. The number of aryl methyl sites for hydroxylation is 1. The molecule has 1 aromatic rings. The Bertz CT molecular complexity index is 505. The van der Waals surface area contributed by atoms with E-state index in [1.165, 1.54) is 11.1 Å². The zero-order valence-corrected chi connectivity index (χ0v) is 12.3. The molecule has 2 aliphatic rings. The molecule has 20 heavy (non-hydrogen) atoms. The van der Waals surface area contributed by atoms with Crippen LogP contribution in [0.2, 0.25) is 0 Å². The molecule has 1 aromatic carbocycles. The van der Waals surface area contributed by atoms with Crippen molar-refractivity contribution < 1.29 is 4.79 Å². The van der Waals surface area contributed by atoms with Gasteiger partial charge >= 0.3 is 0 Å². The van der Waals surface area contributed by atoms with Crippen molar-refractivity contribution in [3.05, 3.63) is 35.4 Å². The topological polar surface area (TPSA) is 46.3 Å². The minimum absolute atomic E-state index is 0.239. The largest absolute Gasteiger partial charge is 0.338 e. The van der Waals surface area contributed by atoms with Gasteiger partial charge in [0.2, 0.25) is 5.91 Å². The molecule has 1 unspecified atom stereocenters. The van der Waals surface area contributed by atoms with Gasteiger partial charge in [-0.05, 0) is 36.8 Å². The van der Waals surface area contributed by atoms with Gasteiger partial charge in [-0.15, -0.1) is 0 Å². The van der Waals surface area contributed by atoms with Crippen LogP contribution in [-0.4, -0.2) is 24.4 Å². The summed E-state index contributed by atoms with van der Waals surface area (Å²) in [4.78, 5) is 14.9. The highest BCUT2D eigenvalue weighted by Crippen LogP contribution is 2.42. The first-order valence-corrected chi connectivity index (χ1v) is 7.73. The lowest BCUT2D eigenvalue weighted by Crippen LogP contribution is -2.46. The highest BCUT2D eigenvalue weighted by Gasteiger charge is 2.43. The Morgan fingerprint density at radius 2 is 2.05 bits per heavy atom. The molecule has 0 radical (unpaired) electrons. The summed E-state index contributed by atoms with van der Waals surface area (Å²) in [6.07, 6.45) is 6.31. The summed E-state index contributed by atoms with van der Waals surface area (Å²) in [5.74, 6) is 0.263. The van der Waals surface area contributed by atoms with Crippen LogP contribution in [0.25, 0.3) is 0 Å². The number of hydrogen-bond acceptors (Lipinski definition) is 2. The Morgan fingerprint density at radius 3 is 2.75 bits per heavy atom. The fourth-order valence-corrected chi connectivity index (χ4v) is 4.01. The van der Waals surface area contributed by atoms with Crippen LogP contribution in [0, 0.1) is 5.41 Å². The van der Waals surface area contributed by atoms with E-state index in [9.17, 15) is 4.79 Å².